The summed E-state index contributed by atoms with van der Waals surface area (Å²) in [6, 6.07) is 7.13. The molecule has 1 amide bonds. The number of carbonyl (C=O) groups excluding carboxylic acids is 1. The largest absolute Gasteiger partial charge is 0.451 e. The lowest BCUT2D eigenvalue weighted by Crippen LogP contribution is -2.17. The Hall–Kier alpha value is -2.93. The Morgan fingerprint density at radius 2 is 2.19 bits per heavy atom. The number of hydrogen-bond donors (Lipinski definition) is 3. The lowest BCUT2D eigenvalue weighted by atomic mass is 10.1. The van der Waals surface area contributed by atoms with Gasteiger partial charge in [-0.3, -0.25) is 15.0 Å². The summed E-state index contributed by atoms with van der Waals surface area (Å²) in [6.45, 7) is 0.571. The third kappa shape index (κ3) is 2.82. The fraction of sp³-hybridized carbons (Fsp3) is 0.0714. The minimum absolute atomic E-state index is 0.0616. The zero-order chi connectivity index (χ0) is 14.7. The van der Waals surface area contributed by atoms with E-state index in [4.69, 9.17) is 9.62 Å². The quantitative estimate of drug-likeness (QED) is 0.500. The highest BCUT2D eigenvalue weighted by atomic mass is 16.5. The first-order chi connectivity index (χ1) is 10.3. The van der Waals surface area contributed by atoms with Crippen molar-refractivity contribution in [1.29, 1.82) is 0 Å². The lowest BCUT2D eigenvalue weighted by Gasteiger charge is -2.04. The molecule has 0 aliphatic carbocycles. The highest BCUT2D eigenvalue weighted by Gasteiger charge is 2.11. The molecule has 1 aromatic carbocycles. The van der Waals surface area contributed by atoms with Crippen molar-refractivity contribution in [3.05, 3.63) is 54.2 Å². The Bertz CT molecular complexity index is 770. The van der Waals surface area contributed by atoms with Gasteiger partial charge in [0.05, 0.1) is 6.20 Å². The molecule has 0 bridgehead atoms. The number of amides is 1. The Kier molecular flexibility index (Phi) is 3.48. The number of nitrogens with zero attached hydrogens (tertiary/aromatic N) is 2. The van der Waals surface area contributed by atoms with Crippen LogP contribution >= 0.6 is 0 Å². The van der Waals surface area contributed by atoms with E-state index >= 15 is 0 Å². The van der Waals surface area contributed by atoms with Gasteiger partial charge >= 0.3 is 5.91 Å². The van der Waals surface area contributed by atoms with Crippen molar-refractivity contribution in [3.63, 3.8) is 0 Å². The normalized spacial score (nSPS) is 10.5. The number of rotatable bonds is 4. The molecule has 21 heavy (non-hydrogen) atoms. The molecule has 0 fully saturated rings. The fourth-order valence-electron chi connectivity index (χ4n) is 1.95. The number of aromatic nitrogens is 2. The van der Waals surface area contributed by atoms with E-state index in [2.05, 4.69) is 15.3 Å². The van der Waals surface area contributed by atoms with Crippen LogP contribution in [0.15, 0.2) is 47.3 Å². The summed E-state index contributed by atoms with van der Waals surface area (Å²) < 4.78 is 5.32. The SMILES string of the molecule is O=C(NO)c1cc2cc(CNc3cnccn3)ccc2o1. The number of benzene rings is 1. The van der Waals surface area contributed by atoms with E-state index in [1.807, 2.05) is 12.1 Å². The summed E-state index contributed by atoms with van der Waals surface area (Å²) in [5.74, 6) is 0.0714. The van der Waals surface area contributed by atoms with Crippen LogP contribution in [0.5, 0.6) is 0 Å². The van der Waals surface area contributed by atoms with Gasteiger partial charge in [0.2, 0.25) is 0 Å². The third-order valence-electron chi connectivity index (χ3n) is 2.94. The second-order valence-corrected chi connectivity index (χ2v) is 4.37. The maximum Gasteiger partial charge on any atom is 0.310 e. The number of hydroxylamine groups is 1. The molecule has 106 valence electrons. The number of nitrogens with one attached hydrogen (secondary N) is 2. The van der Waals surface area contributed by atoms with E-state index in [-0.39, 0.29) is 5.76 Å². The average molecular weight is 284 g/mol. The number of fused-ring (bicyclic) bond motifs is 1. The van der Waals surface area contributed by atoms with Gasteiger partial charge in [0.1, 0.15) is 11.4 Å². The summed E-state index contributed by atoms with van der Waals surface area (Å²) >= 11 is 0. The van der Waals surface area contributed by atoms with E-state index in [0.717, 1.165) is 10.9 Å². The summed E-state index contributed by atoms with van der Waals surface area (Å²) in [5.41, 5.74) is 3.13. The van der Waals surface area contributed by atoms with Crippen LogP contribution in [0.3, 0.4) is 0 Å². The number of furan rings is 1. The van der Waals surface area contributed by atoms with Crippen LogP contribution in [0.25, 0.3) is 11.0 Å². The predicted octanol–water partition coefficient (Wildman–Crippen LogP) is 1.95. The molecule has 2 heterocycles. The van der Waals surface area contributed by atoms with Crippen LogP contribution in [0, 0.1) is 0 Å². The zero-order valence-electron chi connectivity index (χ0n) is 10.9. The van der Waals surface area contributed by atoms with Gasteiger partial charge in [-0.05, 0) is 23.8 Å². The zero-order valence-corrected chi connectivity index (χ0v) is 10.9. The molecule has 0 unspecified atom stereocenters. The molecule has 0 radical (unpaired) electrons. The maximum atomic E-state index is 11.3. The van der Waals surface area contributed by atoms with Crippen molar-refractivity contribution in [1.82, 2.24) is 15.4 Å². The highest BCUT2D eigenvalue weighted by Crippen LogP contribution is 2.21. The fourth-order valence-corrected chi connectivity index (χ4v) is 1.95. The third-order valence-corrected chi connectivity index (χ3v) is 2.94. The lowest BCUT2D eigenvalue weighted by molar-refractivity contribution is 0.0678. The van der Waals surface area contributed by atoms with Gasteiger partial charge in [-0.25, -0.2) is 10.5 Å². The van der Waals surface area contributed by atoms with Crippen LogP contribution in [0.1, 0.15) is 16.1 Å². The van der Waals surface area contributed by atoms with Crippen LogP contribution in [-0.2, 0) is 6.54 Å². The minimum atomic E-state index is -0.676. The summed E-state index contributed by atoms with van der Waals surface area (Å²) in [7, 11) is 0. The van der Waals surface area contributed by atoms with Crippen molar-refractivity contribution >= 4 is 22.7 Å². The van der Waals surface area contributed by atoms with Gasteiger partial charge in [-0.15, -0.1) is 0 Å². The highest BCUT2D eigenvalue weighted by molar-refractivity contribution is 5.95. The molecule has 2 aromatic heterocycles. The van der Waals surface area contributed by atoms with Gasteiger partial charge < -0.3 is 9.73 Å². The van der Waals surface area contributed by atoms with Gasteiger partial charge in [0.25, 0.3) is 0 Å². The first-order valence-electron chi connectivity index (χ1n) is 6.23. The van der Waals surface area contributed by atoms with Crippen molar-refractivity contribution in [2.45, 2.75) is 6.54 Å². The smallest absolute Gasteiger partial charge is 0.310 e. The van der Waals surface area contributed by atoms with Crippen molar-refractivity contribution in [3.8, 4) is 0 Å². The van der Waals surface area contributed by atoms with Crippen LogP contribution in [-0.4, -0.2) is 21.1 Å². The monoisotopic (exact) mass is 284 g/mol. The van der Waals surface area contributed by atoms with Gasteiger partial charge in [0, 0.05) is 24.3 Å². The second-order valence-electron chi connectivity index (χ2n) is 4.37. The van der Waals surface area contributed by atoms with Crippen molar-refractivity contribution < 1.29 is 14.4 Å². The second kappa shape index (κ2) is 5.59. The number of hydrogen-bond acceptors (Lipinski definition) is 6. The minimum Gasteiger partial charge on any atom is -0.451 e. The number of anilines is 1. The topological polar surface area (TPSA) is 100 Å². The molecule has 0 aliphatic rings. The van der Waals surface area contributed by atoms with Crippen LogP contribution < -0.4 is 10.8 Å². The summed E-state index contributed by atoms with van der Waals surface area (Å²) in [4.78, 5) is 19.4. The molecule has 7 nitrogen and oxygen atoms in total. The maximum absolute atomic E-state index is 11.3. The van der Waals surface area contributed by atoms with E-state index in [1.54, 1.807) is 36.2 Å². The number of carbonyl (C=O) groups is 1. The van der Waals surface area contributed by atoms with E-state index in [0.29, 0.717) is 17.9 Å². The van der Waals surface area contributed by atoms with E-state index in [1.165, 1.54) is 0 Å². The van der Waals surface area contributed by atoms with Crippen LogP contribution in [0.4, 0.5) is 5.82 Å². The molecule has 0 spiro atoms. The molecule has 3 aromatic rings. The molecular weight excluding hydrogens is 272 g/mol. The summed E-state index contributed by atoms with van der Waals surface area (Å²) in [5, 5.41) is 12.5. The molecule has 0 saturated heterocycles. The van der Waals surface area contributed by atoms with Gasteiger partial charge in [-0.1, -0.05) is 6.07 Å². The van der Waals surface area contributed by atoms with Gasteiger partial charge in [-0.2, -0.15) is 0 Å². The predicted molar refractivity (Wildman–Crippen MR) is 74.8 cm³/mol. The average Bonchev–Trinajstić information content (AvgIpc) is 2.96. The first kappa shape index (κ1) is 13.1. The van der Waals surface area contributed by atoms with Crippen molar-refractivity contribution in [2.75, 3.05) is 5.32 Å². The Labute approximate surface area is 119 Å². The molecule has 0 atom stereocenters. The van der Waals surface area contributed by atoms with E-state index < -0.39 is 5.91 Å². The Balaban J connectivity index is 1.79. The van der Waals surface area contributed by atoms with Gasteiger partial charge in [0.15, 0.2) is 5.76 Å². The molecule has 7 heteroatoms. The first-order valence-corrected chi connectivity index (χ1v) is 6.23. The molecule has 0 saturated carbocycles. The molecule has 3 rings (SSSR count). The standard InChI is InChI=1S/C14H12N4O3/c19-14(18-20)12-6-10-5-9(1-2-11(10)21-12)7-17-13-8-15-3-4-16-13/h1-6,8,20H,7H2,(H,16,17)(H,18,19). The summed E-state index contributed by atoms with van der Waals surface area (Å²) in [6.07, 6.45) is 4.86. The molecule has 3 N–H and O–H groups in total. The molecule has 0 aliphatic heterocycles. The van der Waals surface area contributed by atoms with Crippen molar-refractivity contribution in [2.24, 2.45) is 0 Å². The Morgan fingerprint density at radius 3 is 2.95 bits per heavy atom. The van der Waals surface area contributed by atoms with Crippen LogP contribution in [0.2, 0.25) is 0 Å². The molecular formula is C14H12N4O3. The Morgan fingerprint density at radius 1 is 1.29 bits per heavy atom. The van der Waals surface area contributed by atoms with E-state index in [9.17, 15) is 4.79 Å².